The second-order valence-electron chi connectivity index (χ2n) is 5.40. The van der Waals surface area contributed by atoms with Gasteiger partial charge in [0.15, 0.2) is 0 Å². The Morgan fingerprint density at radius 2 is 1.84 bits per heavy atom. The molecule has 0 amide bonds. The maximum atomic E-state index is 14.2. The van der Waals surface area contributed by atoms with Gasteiger partial charge in [-0.15, -0.1) is 0 Å². The Bertz CT molecular complexity index is 386. The molecule has 0 radical (unpaired) electrons. The molecule has 19 heavy (non-hydrogen) atoms. The van der Waals surface area contributed by atoms with Gasteiger partial charge in [-0.05, 0) is 30.5 Å². The largest absolute Gasteiger partial charge is 0.369 e. The fourth-order valence-corrected chi connectivity index (χ4v) is 2.30. The molecule has 1 N–H and O–H groups in total. The molecule has 0 saturated carbocycles. The summed E-state index contributed by atoms with van der Waals surface area (Å²) >= 11 is 0. The Hall–Kier alpha value is -1.09. The lowest BCUT2D eigenvalue weighted by Crippen LogP contribution is -2.31. The molecule has 3 heteroatoms. The molecule has 0 aliphatic rings. The summed E-state index contributed by atoms with van der Waals surface area (Å²) in [5.74, 6) is -0.127. The van der Waals surface area contributed by atoms with Gasteiger partial charge in [0.25, 0.3) is 0 Å². The molecule has 108 valence electrons. The van der Waals surface area contributed by atoms with E-state index in [-0.39, 0.29) is 5.82 Å². The Labute approximate surface area is 117 Å². The van der Waals surface area contributed by atoms with E-state index in [1.165, 1.54) is 0 Å². The smallest absolute Gasteiger partial charge is 0.146 e. The van der Waals surface area contributed by atoms with Gasteiger partial charge >= 0.3 is 0 Å². The summed E-state index contributed by atoms with van der Waals surface area (Å²) in [6, 6.07) is 6.35. The summed E-state index contributed by atoms with van der Waals surface area (Å²) in [6.07, 6.45) is 2.06. The number of nitrogens with one attached hydrogen (secondary N) is 1. The summed E-state index contributed by atoms with van der Waals surface area (Å²) in [5, 5.41) is 3.30. The Morgan fingerprint density at radius 1 is 1.21 bits per heavy atom. The van der Waals surface area contributed by atoms with E-state index in [1.54, 1.807) is 6.07 Å². The van der Waals surface area contributed by atoms with Crippen LogP contribution >= 0.6 is 0 Å². The lowest BCUT2D eigenvalue weighted by atomic mass is 10.1. The predicted molar refractivity (Wildman–Crippen MR) is 81.1 cm³/mol. The molecule has 1 rings (SSSR count). The first-order valence-corrected chi connectivity index (χ1v) is 7.24. The van der Waals surface area contributed by atoms with Crippen LogP contribution in [0, 0.1) is 5.82 Å². The fraction of sp³-hybridized carbons (Fsp3) is 0.625. The highest BCUT2D eigenvalue weighted by molar-refractivity contribution is 5.49. The van der Waals surface area contributed by atoms with E-state index in [0.717, 1.165) is 18.4 Å². The van der Waals surface area contributed by atoms with Crippen LogP contribution in [0.2, 0.25) is 0 Å². The van der Waals surface area contributed by atoms with Crippen LogP contribution in [0.4, 0.5) is 10.1 Å². The molecule has 0 bridgehead atoms. The lowest BCUT2D eigenvalue weighted by Gasteiger charge is -2.29. The van der Waals surface area contributed by atoms with Gasteiger partial charge in [0.2, 0.25) is 0 Å². The molecule has 0 spiro atoms. The second kappa shape index (κ2) is 7.49. The Morgan fingerprint density at radius 3 is 2.32 bits per heavy atom. The van der Waals surface area contributed by atoms with Gasteiger partial charge < -0.3 is 10.2 Å². The molecule has 0 heterocycles. The minimum Gasteiger partial charge on any atom is -0.369 e. The maximum Gasteiger partial charge on any atom is 0.146 e. The highest BCUT2D eigenvalue weighted by Crippen LogP contribution is 2.23. The van der Waals surface area contributed by atoms with Crippen LogP contribution in [0.15, 0.2) is 18.2 Å². The number of rotatable bonds is 7. The van der Waals surface area contributed by atoms with E-state index in [4.69, 9.17) is 0 Å². The molecule has 0 aromatic heterocycles. The van der Waals surface area contributed by atoms with Crippen molar-refractivity contribution >= 4 is 5.69 Å². The highest BCUT2D eigenvalue weighted by atomic mass is 19.1. The van der Waals surface area contributed by atoms with Crippen LogP contribution in [0.3, 0.4) is 0 Å². The predicted octanol–water partition coefficient (Wildman–Crippen LogP) is 3.95. The summed E-state index contributed by atoms with van der Waals surface area (Å²) in [4.78, 5) is 2.05. The quantitative estimate of drug-likeness (QED) is 0.804. The van der Waals surface area contributed by atoms with Crippen LogP contribution < -0.4 is 10.2 Å². The average molecular weight is 266 g/mol. The molecule has 2 nitrogen and oxygen atoms in total. The third-order valence-electron chi connectivity index (χ3n) is 3.60. The first-order valence-electron chi connectivity index (χ1n) is 7.24. The van der Waals surface area contributed by atoms with Gasteiger partial charge in [-0.3, -0.25) is 0 Å². The molecule has 1 aromatic rings. The van der Waals surface area contributed by atoms with E-state index in [2.05, 4.69) is 37.9 Å². The Kier molecular flexibility index (Phi) is 6.29. The minimum atomic E-state index is -0.127. The van der Waals surface area contributed by atoms with Gasteiger partial charge in [-0.1, -0.05) is 33.8 Å². The van der Waals surface area contributed by atoms with Crippen LogP contribution in [-0.4, -0.2) is 19.1 Å². The van der Waals surface area contributed by atoms with Crippen molar-refractivity contribution in [2.24, 2.45) is 0 Å². The van der Waals surface area contributed by atoms with Gasteiger partial charge in [0, 0.05) is 25.7 Å². The average Bonchev–Trinajstić information content (AvgIpc) is 2.37. The van der Waals surface area contributed by atoms with E-state index >= 15 is 0 Å². The van der Waals surface area contributed by atoms with Crippen molar-refractivity contribution < 1.29 is 4.39 Å². The zero-order valence-electron chi connectivity index (χ0n) is 12.8. The third-order valence-corrected chi connectivity index (χ3v) is 3.60. The molecule has 0 saturated heterocycles. The number of nitrogens with zero attached hydrogens (tertiary/aromatic N) is 1. The third kappa shape index (κ3) is 4.50. The zero-order chi connectivity index (χ0) is 14.4. The molecule has 0 atom stereocenters. The summed E-state index contributed by atoms with van der Waals surface area (Å²) < 4.78 is 14.2. The fourth-order valence-electron chi connectivity index (χ4n) is 2.30. The van der Waals surface area contributed by atoms with Crippen LogP contribution in [-0.2, 0) is 6.54 Å². The minimum absolute atomic E-state index is 0.127. The molecule has 0 aliphatic heterocycles. The van der Waals surface area contributed by atoms with Crippen molar-refractivity contribution in [3.05, 3.63) is 29.6 Å². The van der Waals surface area contributed by atoms with Crippen LogP contribution in [0.1, 0.15) is 46.1 Å². The summed E-state index contributed by atoms with van der Waals surface area (Å²) in [6.45, 7) is 9.17. The van der Waals surface area contributed by atoms with Gasteiger partial charge in [-0.2, -0.15) is 0 Å². The van der Waals surface area contributed by atoms with Crippen molar-refractivity contribution in [3.8, 4) is 0 Å². The van der Waals surface area contributed by atoms with Crippen LogP contribution in [0.5, 0.6) is 0 Å². The second-order valence-corrected chi connectivity index (χ2v) is 5.40. The number of hydrogen-bond acceptors (Lipinski definition) is 2. The summed E-state index contributed by atoms with van der Waals surface area (Å²) in [5.41, 5.74) is 1.69. The van der Waals surface area contributed by atoms with Gasteiger partial charge in [0.05, 0.1) is 5.69 Å². The van der Waals surface area contributed by atoms with E-state index in [0.29, 0.717) is 24.3 Å². The molecule has 0 unspecified atom stereocenters. The number of benzene rings is 1. The van der Waals surface area contributed by atoms with Gasteiger partial charge in [0.1, 0.15) is 5.82 Å². The maximum absolute atomic E-state index is 14.2. The van der Waals surface area contributed by atoms with Crippen molar-refractivity contribution in [1.29, 1.82) is 0 Å². The SMILES string of the molecule is CCC(CC)N(C)c1ccc(CNC(C)C)cc1F. The van der Waals surface area contributed by atoms with Crippen molar-refractivity contribution in [2.75, 3.05) is 11.9 Å². The van der Waals surface area contributed by atoms with Crippen molar-refractivity contribution in [1.82, 2.24) is 5.32 Å². The van der Waals surface area contributed by atoms with E-state index < -0.39 is 0 Å². The number of anilines is 1. The zero-order valence-corrected chi connectivity index (χ0v) is 12.8. The first kappa shape index (κ1) is 16.0. The molecule has 0 aliphatic carbocycles. The topological polar surface area (TPSA) is 15.3 Å². The number of halogens is 1. The first-order chi connectivity index (χ1) is 8.99. The summed E-state index contributed by atoms with van der Waals surface area (Å²) in [7, 11) is 1.97. The van der Waals surface area contributed by atoms with Crippen LogP contribution in [0.25, 0.3) is 0 Å². The van der Waals surface area contributed by atoms with Gasteiger partial charge in [-0.25, -0.2) is 4.39 Å². The molecular formula is C16H27FN2. The number of hydrogen-bond donors (Lipinski definition) is 1. The van der Waals surface area contributed by atoms with E-state index in [9.17, 15) is 4.39 Å². The Balaban J connectivity index is 2.81. The highest BCUT2D eigenvalue weighted by Gasteiger charge is 2.15. The molecular weight excluding hydrogens is 239 g/mol. The normalized spacial score (nSPS) is 11.4. The van der Waals surface area contributed by atoms with Crippen molar-refractivity contribution in [3.63, 3.8) is 0 Å². The molecule has 0 fully saturated rings. The lowest BCUT2D eigenvalue weighted by molar-refractivity contribution is 0.560. The monoisotopic (exact) mass is 266 g/mol. The van der Waals surface area contributed by atoms with Crippen molar-refractivity contribution in [2.45, 2.75) is 59.2 Å². The van der Waals surface area contributed by atoms with E-state index in [1.807, 2.05) is 19.2 Å². The molecule has 1 aromatic carbocycles. The standard InChI is InChI=1S/C16H27FN2/c1-6-14(7-2)19(5)16-9-8-13(10-15(16)17)11-18-12(3)4/h8-10,12,14,18H,6-7,11H2,1-5H3.